The van der Waals surface area contributed by atoms with Crippen LogP contribution in [0, 0.1) is 5.82 Å². The summed E-state index contributed by atoms with van der Waals surface area (Å²) in [6, 6.07) is 13.2. The zero-order chi connectivity index (χ0) is 19.4. The summed E-state index contributed by atoms with van der Waals surface area (Å²) in [6.45, 7) is -0.383. The normalized spacial score (nSPS) is 11.5. The van der Waals surface area contributed by atoms with Gasteiger partial charge in [-0.25, -0.2) is 17.5 Å². The Morgan fingerprint density at radius 2 is 1.93 bits per heavy atom. The number of aromatic nitrogens is 2. The van der Waals surface area contributed by atoms with Gasteiger partial charge in [-0.3, -0.25) is 4.79 Å². The van der Waals surface area contributed by atoms with E-state index in [0.717, 1.165) is 34.3 Å². The third-order valence-corrected chi connectivity index (χ3v) is 5.60. The molecule has 140 valence electrons. The molecule has 0 bridgehead atoms. The fourth-order valence-corrected chi connectivity index (χ4v) is 3.55. The summed E-state index contributed by atoms with van der Waals surface area (Å²) in [5.41, 5.74) is 1.27. The second-order valence-electron chi connectivity index (χ2n) is 5.76. The molecule has 7 nitrogen and oxygen atoms in total. The standard InChI is InChI=1S/C18H17FN4O3S/c1-22(27(25,26)17-8-6-14(19)7-9-17)13-18(24)21-15-4-2-5-16(12-15)23-11-3-10-20-23/h2-12H,13H2,1H3,(H,21,24). The van der Waals surface area contributed by atoms with Gasteiger partial charge in [-0.15, -0.1) is 0 Å². The minimum atomic E-state index is -3.89. The van der Waals surface area contributed by atoms with E-state index in [-0.39, 0.29) is 11.4 Å². The highest BCUT2D eigenvalue weighted by molar-refractivity contribution is 7.89. The zero-order valence-corrected chi connectivity index (χ0v) is 15.2. The summed E-state index contributed by atoms with van der Waals surface area (Å²) >= 11 is 0. The Morgan fingerprint density at radius 3 is 2.59 bits per heavy atom. The molecule has 0 aliphatic carbocycles. The van der Waals surface area contributed by atoms with Gasteiger partial charge in [-0.1, -0.05) is 6.07 Å². The van der Waals surface area contributed by atoms with Crippen molar-refractivity contribution in [3.63, 3.8) is 0 Å². The lowest BCUT2D eigenvalue weighted by Gasteiger charge is -2.17. The molecule has 0 unspecified atom stereocenters. The van der Waals surface area contributed by atoms with Crippen LogP contribution in [0.3, 0.4) is 0 Å². The number of anilines is 1. The molecule has 0 saturated heterocycles. The molecule has 0 saturated carbocycles. The summed E-state index contributed by atoms with van der Waals surface area (Å²) in [5, 5.41) is 6.78. The average Bonchev–Trinajstić information content (AvgIpc) is 3.17. The van der Waals surface area contributed by atoms with Crippen LogP contribution in [0.2, 0.25) is 0 Å². The van der Waals surface area contributed by atoms with Crippen molar-refractivity contribution in [2.24, 2.45) is 0 Å². The van der Waals surface area contributed by atoms with Crippen molar-refractivity contribution in [2.75, 3.05) is 18.9 Å². The van der Waals surface area contributed by atoms with Gasteiger partial charge in [0.25, 0.3) is 0 Å². The highest BCUT2D eigenvalue weighted by Crippen LogP contribution is 2.16. The lowest BCUT2D eigenvalue weighted by molar-refractivity contribution is -0.116. The van der Waals surface area contributed by atoms with Gasteiger partial charge in [0.15, 0.2) is 0 Å². The van der Waals surface area contributed by atoms with E-state index in [4.69, 9.17) is 0 Å². The first kappa shape index (κ1) is 18.7. The second kappa shape index (κ2) is 7.68. The van der Waals surface area contributed by atoms with Crippen molar-refractivity contribution >= 4 is 21.6 Å². The number of nitrogens with zero attached hydrogens (tertiary/aromatic N) is 3. The maximum absolute atomic E-state index is 13.0. The van der Waals surface area contributed by atoms with Crippen molar-refractivity contribution in [1.82, 2.24) is 14.1 Å². The SMILES string of the molecule is CN(CC(=O)Nc1cccc(-n2cccn2)c1)S(=O)(=O)c1ccc(F)cc1. The van der Waals surface area contributed by atoms with Crippen LogP contribution in [0.15, 0.2) is 71.9 Å². The van der Waals surface area contributed by atoms with Crippen LogP contribution in [0.1, 0.15) is 0 Å². The maximum atomic E-state index is 13.0. The van der Waals surface area contributed by atoms with Crippen molar-refractivity contribution in [3.8, 4) is 5.69 Å². The highest BCUT2D eigenvalue weighted by Gasteiger charge is 2.23. The molecule has 27 heavy (non-hydrogen) atoms. The Hall–Kier alpha value is -3.04. The van der Waals surface area contributed by atoms with Gasteiger partial charge in [0.1, 0.15) is 5.82 Å². The number of sulfonamides is 1. The number of amides is 1. The molecule has 9 heteroatoms. The molecule has 1 aromatic heterocycles. The molecule has 0 spiro atoms. The van der Waals surface area contributed by atoms with E-state index in [0.29, 0.717) is 5.69 Å². The first-order valence-electron chi connectivity index (χ1n) is 7.98. The van der Waals surface area contributed by atoms with E-state index < -0.39 is 21.7 Å². The third kappa shape index (κ3) is 4.39. The number of carbonyl (C=O) groups excluding carboxylic acids is 1. The molecular formula is C18H17FN4O3S. The molecule has 2 aromatic carbocycles. The van der Waals surface area contributed by atoms with Gasteiger partial charge in [0.05, 0.1) is 17.1 Å². The molecule has 3 aromatic rings. The van der Waals surface area contributed by atoms with E-state index in [1.165, 1.54) is 7.05 Å². The fourth-order valence-electron chi connectivity index (χ4n) is 2.42. The molecular weight excluding hydrogens is 371 g/mol. The minimum absolute atomic E-state index is 0.0834. The number of hydrogen-bond donors (Lipinski definition) is 1. The number of nitrogens with one attached hydrogen (secondary N) is 1. The number of likely N-dealkylation sites (N-methyl/N-ethyl adjacent to an activating group) is 1. The summed E-state index contributed by atoms with van der Waals surface area (Å²) in [6.07, 6.45) is 3.41. The number of halogens is 1. The first-order valence-corrected chi connectivity index (χ1v) is 9.42. The molecule has 0 fully saturated rings. The maximum Gasteiger partial charge on any atom is 0.243 e. The van der Waals surface area contributed by atoms with E-state index in [2.05, 4.69) is 10.4 Å². The number of rotatable bonds is 6. The van der Waals surface area contributed by atoms with Gasteiger partial charge in [-0.2, -0.15) is 9.40 Å². The molecule has 0 aliphatic rings. The van der Waals surface area contributed by atoms with Crippen molar-refractivity contribution in [3.05, 3.63) is 72.8 Å². The third-order valence-electron chi connectivity index (χ3n) is 3.79. The predicted octanol–water partition coefficient (Wildman–Crippen LogP) is 2.27. The zero-order valence-electron chi connectivity index (χ0n) is 14.4. The van der Waals surface area contributed by atoms with Crippen LogP contribution in [-0.2, 0) is 14.8 Å². The lowest BCUT2D eigenvalue weighted by atomic mass is 10.2. The molecule has 3 rings (SSSR count). The fraction of sp³-hybridized carbons (Fsp3) is 0.111. The van der Waals surface area contributed by atoms with E-state index in [9.17, 15) is 17.6 Å². The van der Waals surface area contributed by atoms with Crippen LogP contribution >= 0.6 is 0 Å². The van der Waals surface area contributed by atoms with Crippen LogP contribution in [-0.4, -0.2) is 42.0 Å². The molecule has 1 heterocycles. The van der Waals surface area contributed by atoms with Crippen LogP contribution in [0.5, 0.6) is 0 Å². The lowest BCUT2D eigenvalue weighted by Crippen LogP contribution is -2.35. The van der Waals surface area contributed by atoms with Crippen molar-refractivity contribution in [2.45, 2.75) is 4.90 Å². The van der Waals surface area contributed by atoms with Crippen molar-refractivity contribution in [1.29, 1.82) is 0 Å². The molecule has 1 amide bonds. The smallest absolute Gasteiger partial charge is 0.243 e. The van der Waals surface area contributed by atoms with Crippen LogP contribution < -0.4 is 5.32 Å². The van der Waals surface area contributed by atoms with Gasteiger partial charge < -0.3 is 5.32 Å². The Balaban J connectivity index is 1.68. The van der Waals surface area contributed by atoms with Crippen LogP contribution in [0.4, 0.5) is 10.1 Å². The predicted molar refractivity (Wildman–Crippen MR) is 98.4 cm³/mol. The second-order valence-corrected chi connectivity index (χ2v) is 7.81. The monoisotopic (exact) mass is 388 g/mol. The highest BCUT2D eigenvalue weighted by atomic mass is 32.2. The molecule has 0 aliphatic heterocycles. The van der Waals surface area contributed by atoms with Gasteiger partial charge in [0.2, 0.25) is 15.9 Å². The molecule has 0 radical (unpaired) electrons. The number of hydrogen-bond acceptors (Lipinski definition) is 4. The molecule has 1 N–H and O–H groups in total. The summed E-state index contributed by atoms with van der Waals surface area (Å²) in [7, 11) is -2.60. The van der Waals surface area contributed by atoms with Gasteiger partial charge >= 0.3 is 0 Å². The summed E-state index contributed by atoms with van der Waals surface area (Å²) < 4.78 is 40.4. The Bertz CT molecular complexity index is 1030. The Kier molecular flexibility index (Phi) is 5.33. The summed E-state index contributed by atoms with van der Waals surface area (Å²) in [4.78, 5) is 12.2. The first-order chi connectivity index (χ1) is 12.9. The Morgan fingerprint density at radius 1 is 1.19 bits per heavy atom. The van der Waals surface area contributed by atoms with Crippen LogP contribution in [0.25, 0.3) is 5.69 Å². The average molecular weight is 388 g/mol. The van der Waals surface area contributed by atoms with E-state index >= 15 is 0 Å². The van der Waals surface area contributed by atoms with E-state index in [1.54, 1.807) is 41.3 Å². The quantitative estimate of drug-likeness (QED) is 0.702. The van der Waals surface area contributed by atoms with Gasteiger partial charge in [0, 0.05) is 25.1 Å². The largest absolute Gasteiger partial charge is 0.325 e. The molecule has 0 atom stereocenters. The number of benzene rings is 2. The minimum Gasteiger partial charge on any atom is -0.325 e. The summed E-state index contributed by atoms with van der Waals surface area (Å²) in [5.74, 6) is -1.03. The topological polar surface area (TPSA) is 84.3 Å². The number of carbonyl (C=O) groups is 1. The van der Waals surface area contributed by atoms with Gasteiger partial charge in [-0.05, 0) is 48.5 Å². The van der Waals surface area contributed by atoms with E-state index in [1.807, 2.05) is 6.07 Å². The van der Waals surface area contributed by atoms with Crippen molar-refractivity contribution < 1.29 is 17.6 Å². The Labute approximate surface area is 156 Å².